The maximum Gasteiger partial charge on any atom is -0.0143 e. The predicted molar refractivity (Wildman–Crippen MR) is 75.8 cm³/mol. The Hall–Kier alpha value is -1.04. The molecular weight excluding hydrogens is 204 g/mol. The first-order valence-electron chi connectivity index (χ1n) is 6.96. The van der Waals surface area contributed by atoms with E-state index in [2.05, 4.69) is 56.3 Å². The molecule has 17 heavy (non-hydrogen) atoms. The van der Waals surface area contributed by atoms with Gasteiger partial charge in [-0.25, -0.2) is 0 Å². The zero-order valence-electron chi connectivity index (χ0n) is 11.2. The molecule has 92 valence electrons. The molecule has 0 nitrogen and oxygen atoms in total. The van der Waals surface area contributed by atoms with Crippen molar-refractivity contribution in [1.82, 2.24) is 0 Å². The molecule has 0 heteroatoms. The highest BCUT2D eigenvalue weighted by molar-refractivity contribution is 5.49. The van der Waals surface area contributed by atoms with Gasteiger partial charge >= 0.3 is 0 Å². The number of benzene rings is 1. The Bertz CT molecular complexity index is 353. The minimum absolute atomic E-state index is 0.432. The fourth-order valence-electron chi connectivity index (χ4n) is 2.77. The van der Waals surface area contributed by atoms with Crippen molar-refractivity contribution in [1.29, 1.82) is 0 Å². The smallest absolute Gasteiger partial charge is 0.0143 e. The summed E-state index contributed by atoms with van der Waals surface area (Å²) in [5, 5.41) is 0. The van der Waals surface area contributed by atoms with Gasteiger partial charge in [-0.05, 0) is 42.6 Å². The van der Waals surface area contributed by atoms with E-state index in [1.54, 1.807) is 0 Å². The zero-order chi connectivity index (χ0) is 12.1. The van der Waals surface area contributed by atoms with Crippen LogP contribution in [0.4, 0.5) is 0 Å². The molecule has 0 aliphatic heterocycles. The monoisotopic (exact) mass is 228 g/mol. The topological polar surface area (TPSA) is 0 Å². The van der Waals surface area contributed by atoms with E-state index in [-0.39, 0.29) is 0 Å². The molecule has 0 N–H and O–H groups in total. The standard InChI is InChI=1S/C17H24/c1-3-15-9-12-17(2,13-10-15)14-11-16-7-5-4-6-8-16/h4-8,11,14-15H,3,9-10,12-13H2,1-2H3/b14-11+. The Kier molecular flexibility index (Phi) is 4.04. The maximum absolute atomic E-state index is 2.44. The van der Waals surface area contributed by atoms with Gasteiger partial charge in [0, 0.05) is 0 Å². The molecule has 1 aromatic carbocycles. The molecule has 0 atom stereocenters. The lowest BCUT2D eigenvalue weighted by molar-refractivity contribution is 0.219. The summed E-state index contributed by atoms with van der Waals surface area (Å²) in [4.78, 5) is 0. The van der Waals surface area contributed by atoms with Crippen LogP contribution in [0.1, 0.15) is 51.5 Å². The summed E-state index contributed by atoms with van der Waals surface area (Å²) in [6.45, 7) is 4.74. The largest absolute Gasteiger partial charge is 0.0780 e. The first-order valence-corrected chi connectivity index (χ1v) is 6.96. The van der Waals surface area contributed by atoms with Crippen LogP contribution in [-0.2, 0) is 0 Å². The molecule has 1 saturated carbocycles. The van der Waals surface area contributed by atoms with E-state index in [0.717, 1.165) is 5.92 Å². The Morgan fingerprint density at radius 2 is 1.82 bits per heavy atom. The summed E-state index contributed by atoms with van der Waals surface area (Å²) in [5.41, 5.74) is 1.76. The molecule has 0 heterocycles. The van der Waals surface area contributed by atoms with Gasteiger partial charge in [-0.3, -0.25) is 0 Å². The zero-order valence-corrected chi connectivity index (χ0v) is 11.2. The van der Waals surface area contributed by atoms with Crippen LogP contribution < -0.4 is 0 Å². The fraction of sp³-hybridized carbons (Fsp3) is 0.529. The van der Waals surface area contributed by atoms with Gasteiger partial charge in [-0.15, -0.1) is 0 Å². The predicted octanol–water partition coefficient (Wildman–Crippen LogP) is 5.31. The number of rotatable bonds is 3. The van der Waals surface area contributed by atoms with Gasteiger partial charge in [-0.1, -0.05) is 62.8 Å². The molecule has 2 rings (SSSR count). The molecule has 1 fully saturated rings. The van der Waals surface area contributed by atoms with Gasteiger partial charge < -0.3 is 0 Å². The van der Waals surface area contributed by atoms with Crippen molar-refractivity contribution >= 4 is 6.08 Å². The number of hydrogen-bond donors (Lipinski definition) is 0. The number of allylic oxidation sites excluding steroid dienone is 1. The molecule has 1 aliphatic carbocycles. The van der Waals surface area contributed by atoms with E-state index in [0.29, 0.717) is 5.41 Å². The second-order valence-corrected chi connectivity index (χ2v) is 5.75. The van der Waals surface area contributed by atoms with E-state index >= 15 is 0 Å². The summed E-state index contributed by atoms with van der Waals surface area (Å²) in [6, 6.07) is 10.6. The van der Waals surface area contributed by atoms with Crippen molar-refractivity contribution in [3.8, 4) is 0 Å². The average Bonchev–Trinajstić information content (AvgIpc) is 2.39. The third kappa shape index (κ3) is 3.46. The fourth-order valence-corrected chi connectivity index (χ4v) is 2.77. The summed E-state index contributed by atoms with van der Waals surface area (Å²) in [7, 11) is 0. The molecule has 0 spiro atoms. The summed E-state index contributed by atoms with van der Waals surface area (Å²) >= 11 is 0. The van der Waals surface area contributed by atoms with Crippen molar-refractivity contribution in [2.75, 3.05) is 0 Å². The maximum atomic E-state index is 2.44. The third-order valence-electron chi connectivity index (χ3n) is 4.30. The Labute approximate surface area is 106 Å². The molecule has 0 bridgehead atoms. The van der Waals surface area contributed by atoms with Crippen molar-refractivity contribution in [2.24, 2.45) is 11.3 Å². The lowest BCUT2D eigenvalue weighted by Gasteiger charge is -2.34. The second-order valence-electron chi connectivity index (χ2n) is 5.75. The second kappa shape index (κ2) is 5.53. The van der Waals surface area contributed by atoms with Crippen LogP contribution in [0, 0.1) is 11.3 Å². The molecule has 1 aliphatic rings. The highest BCUT2D eigenvalue weighted by Crippen LogP contribution is 2.41. The third-order valence-corrected chi connectivity index (χ3v) is 4.30. The summed E-state index contributed by atoms with van der Waals surface area (Å²) < 4.78 is 0. The van der Waals surface area contributed by atoms with Gasteiger partial charge in [0.05, 0.1) is 0 Å². The van der Waals surface area contributed by atoms with E-state index in [1.807, 2.05) is 0 Å². The van der Waals surface area contributed by atoms with Gasteiger partial charge in [0.25, 0.3) is 0 Å². The molecule has 1 aromatic rings. The normalized spacial score (nSPS) is 29.6. The van der Waals surface area contributed by atoms with E-state index < -0.39 is 0 Å². The van der Waals surface area contributed by atoms with Crippen LogP contribution in [0.5, 0.6) is 0 Å². The first kappa shape index (κ1) is 12.4. The molecule has 0 amide bonds. The van der Waals surface area contributed by atoms with Gasteiger partial charge in [0.15, 0.2) is 0 Å². The van der Waals surface area contributed by atoms with E-state index in [9.17, 15) is 0 Å². The lowest BCUT2D eigenvalue weighted by atomic mass is 9.71. The van der Waals surface area contributed by atoms with Gasteiger partial charge in [-0.2, -0.15) is 0 Å². The van der Waals surface area contributed by atoms with Crippen LogP contribution in [0.25, 0.3) is 6.08 Å². The van der Waals surface area contributed by atoms with Crippen LogP contribution in [0.15, 0.2) is 36.4 Å². The van der Waals surface area contributed by atoms with E-state index in [4.69, 9.17) is 0 Å². The Balaban J connectivity index is 1.97. The van der Waals surface area contributed by atoms with E-state index in [1.165, 1.54) is 37.7 Å². The van der Waals surface area contributed by atoms with Crippen molar-refractivity contribution in [3.05, 3.63) is 42.0 Å². The minimum atomic E-state index is 0.432. The van der Waals surface area contributed by atoms with Crippen LogP contribution in [-0.4, -0.2) is 0 Å². The SMILES string of the molecule is CCC1CCC(C)(/C=C/c2ccccc2)CC1. The van der Waals surface area contributed by atoms with Crippen molar-refractivity contribution in [2.45, 2.75) is 46.0 Å². The average molecular weight is 228 g/mol. The van der Waals surface area contributed by atoms with Crippen LogP contribution in [0.2, 0.25) is 0 Å². The summed E-state index contributed by atoms with van der Waals surface area (Å²) in [6.07, 6.45) is 11.6. The summed E-state index contributed by atoms with van der Waals surface area (Å²) in [5.74, 6) is 0.980. The van der Waals surface area contributed by atoms with Gasteiger partial charge in [0.1, 0.15) is 0 Å². The highest BCUT2D eigenvalue weighted by atomic mass is 14.3. The molecule has 0 saturated heterocycles. The Morgan fingerprint density at radius 3 is 2.41 bits per heavy atom. The molecule has 0 unspecified atom stereocenters. The first-order chi connectivity index (χ1) is 8.22. The molecule has 0 radical (unpaired) electrons. The van der Waals surface area contributed by atoms with Crippen LogP contribution >= 0.6 is 0 Å². The van der Waals surface area contributed by atoms with Crippen LogP contribution in [0.3, 0.4) is 0 Å². The van der Waals surface area contributed by atoms with Crippen molar-refractivity contribution < 1.29 is 0 Å². The molecule has 0 aromatic heterocycles. The van der Waals surface area contributed by atoms with Gasteiger partial charge in [0.2, 0.25) is 0 Å². The highest BCUT2D eigenvalue weighted by Gasteiger charge is 2.27. The minimum Gasteiger partial charge on any atom is -0.0780 e. The number of hydrogen-bond acceptors (Lipinski definition) is 0. The Morgan fingerprint density at radius 1 is 1.18 bits per heavy atom. The molecular formula is C17H24. The lowest BCUT2D eigenvalue weighted by Crippen LogP contribution is -2.22. The van der Waals surface area contributed by atoms with Crippen molar-refractivity contribution in [3.63, 3.8) is 0 Å². The quantitative estimate of drug-likeness (QED) is 0.658.